The maximum atomic E-state index is 5.87. The molecule has 0 amide bonds. The second-order valence-corrected chi connectivity index (χ2v) is 3.51. The Bertz CT molecular complexity index is 310. The third-order valence-corrected chi connectivity index (χ3v) is 2.26. The van der Waals surface area contributed by atoms with Gasteiger partial charge in [0.05, 0.1) is 12.1 Å². The first-order valence-corrected chi connectivity index (χ1v) is 5.34. The first kappa shape index (κ1) is 10.6. The number of hydrogen-bond donors (Lipinski definition) is 0. The summed E-state index contributed by atoms with van der Waals surface area (Å²) in [5, 5.41) is 1.48. The number of alkyl halides is 1. The Kier molecular flexibility index (Phi) is 4.33. The minimum absolute atomic E-state index is 0.637. The molecule has 0 atom stereocenters. The highest BCUT2D eigenvalue weighted by molar-refractivity contribution is 9.09. The predicted octanol–water partition coefficient (Wildman–Crippen LogP) is 3.76. The summed E-state index contributed by atoms with van der Waals surface area (Å²) in [5.41, 5.74) is 1.08. The van der Waals surface area contributed by atoms with Gasteiger partial charge in [-0.2, -0.15) is 0 Å². The van der Waals surface area contributed by atoms with Crippen LogP contribution < -0.4 is 4.74 Å². The van der Waals surface area contributed by atoms with Crippen LogP contribution in [-0.4, -0.2) is 12.4 Å². The molecule has 1 nitrogen and oxygen atoms in total. The highest BCUT2D eigenvalue weighted by Gasteiger charge is 1.98. The number of methoxy groups -OCH3 is 1. The summed E-state index contributed by atoms with van der Waals surface area (Å²) < 4.78 is 5.09. The number of rotatable bonds is 3. The Morgan fingerprint density at radius 1 is 1.54 bits per heavy atom. The van der Waals surface area contributed by atoms with E-state index in [4.69, 9.17) is 16.3 Å². The molecular formula is C10H10BrClO. The van der Waals surface area contributed by atoms with Crippen LogP contribution in [-0.2, 0) is 0 Å². The molecular weight excluding hydrogens is 251 g/mol. The molecule has 0 heterocycles. The van der Waals surface area contributed by atoms with Crippen molar-refractivity contribution in [3.05, 3.63) is 34.9 Å². The summed E-state index contributed by atoms with van der Waals surface area (Å²) in [4.78, 5) is 0. The molecule has 0 bridgehead atoms. The third-order valence-electron chi connectivity index (χ3n) is 1.57. The van der Waals surface area contributed by atoms with E-state index in [9.17, 15) is 0 Å². The quantitative estimate of drug-likeness (QED) is 0.753. The average molecular weight is 262 g/mol. The monoisotopic (exact) mass is 260 g/mol. The van der Waals surface area contributed by atoms with Gasteiger partial charge in [0.1, 0.15) is 5.75 Å². The third kappa shape index (κ3) is 3.05. The molecule has 0 spiro atoms. The summed E-state index contributed by atoms with van der Waals surface area (Å²) in [5.74, 6) is 0.707. The van der Waals surface area contributed by atoms with Gasteiger partial charge in [-0.1, -0.05) is 45.7 Å². The lowest BCUT2D eigenvalue weighted by Gasteiger charge is -2.02. The molecule has 0 aliphatic heterocycles. The fourth-order valence-corrected chi connectivity index (χ4v) is 1.34. The Hall–Kier alpha value is -0.470. The minimum Gasteiger partial charge on any atom is -0.495 e. The van der Waals surface area contributed by atoms with Gasteiger partial charge in [-0.3, -0.25) is 0 Å². The van der Waals surface area contributed by atoms with E-state index in [2.05, 4.69) is 15.9 Å². The first-order chi connectivity index (χ1) is 6.27. The van der Waals surface area contributed by atoms with Gasteiger partial charge in [0.25, 0.3) is 0 Å². The van der Waals surface area contributed by atoms with Crippen molar-refractivity contribution < 1.29 is 4.74 Å². The smallest absolute Gasteiger partial charge is 0.138 e. The van der Waals surface area contributed by atoms with Gasteiger partial charge in [0, 0.05) is 5.33 Å². The molecule has 0 saturated carbocycles. The van der Waals surface area contributed by atoms with Crippen LogP contribution in [0.3, 0.4) is 0 Å². The molecule has 1 aromatic carbocycles. The van der Waals surface area contributed by atoms with Crippen LogP contribution in [0.1, 0.15) is 5.56 Å². The van der Waals surface area contributed by atoms with Crippen LogP contribution >= 0.6 is 27.5 Å². The molecule has 0 radical (unpaired) electrons. The second-order valence-electron chi connectivity index (χ2n) is 2.45. The SMILES string of the molecule is COc1cc(C=CCBr)ccc1Cl. The van der Waals surface area contributed by atoms with Crippen molar-refractivity contribution in [1.82, 2.24) is 0 Å². The number of hydrogen-bond acceptors (Lipinski definition) is 1. The first-order valence-electron chi connectivity index (χ1n) is 3.84. The van der Waals surface area contributed by atoms with Crippen molar-refractivity contribution in [2.45, 2.75) is 0 Å². The summed E-state index contributed by atoms with van der Waals surface area (Å²) in [7, 11) is 1.61. The van der Waals surface area contributed by atoms with Crippen LogP contribution in [0.4, 0.5) is 0 Å². The van der Waals surface area contributed by atoms with E-state index in [1.165, 1.54) is 0 Å². The lowest BCUT2D eigenvalue weighted by Crippen LogP contribution is -1.84. The van der Waals surface area contributed by atoms with Gasteiger partial charge in [0.2, 0.25) is 0 Å². The van der Waals surface area contributed by atoms with Crippen LogP contribution in [0, 0.1) is 0 Å². The summed E-state index contributed by atoms with van der Waals surface area (Å²) in [6.07, 6.45) is 4.02. The van der Waals surface area contributed by atoms with Crippen LogP contribution in [0.5, 0.6) is 5.75 Å². The molecule has 70 valence electrons. The van der Waals surface area contributed by atoms with Crippen molar-refractivity contribution in [3.63, 3.8) is 0 Å². The fraction of sp³-hybridized carbons (Fsp3) is 0.200. The summed E-state index contributed by atoms with van der Waals surface area (Å²) in [6.45, 7) is 0. The normalized spacial score (nSPS) is 10.7. The molecule has 13 heavy (non-hydrogen) atoms. The molecule has 1 rings (SSSR count). The van der Waals surface area contributed by atoms with Gasteiger partial charge in [-0.05, 0) is 17.7 Å². The van der Waals surface area contributed by atoms with Crippen molar-refractivity contribution in [1.29, 1.82) is 0 Å². The predicted molar refractivity (Wildman–Crippen MR) is 60.8 cm³/mol. The molecule has 0 saturated heterocycles. The summed E-state index contributed by atoms with van der Waals surface area (Å²) >= 11 is 9.18. The fourth-order valence-electron chi connectivity index (χ4n) is 0.961. The zero-order valence-electron chi connectivity index (χ0n) is 7.26. The van der Waals surface area contributed by atoms with E-state index < -0.39 is 0 Å². The Morgan fingerprint density at radius 3 is 2.92 bits per heavy atom. The van der Waals surface area contributed by atoms with Gasteiger partial charge in [-0.25, -0.2) is 0 Å². The molecule has 0 N–H and O–H groups in total. The van der Waals surface area contributed by atoms with E-state index in [0.717, 1.165) is 10.9 Å². The molecule has 0 aromatic heterocycles. The number of benzene rings is 1. The number of allylic oxidation sites excluding steroid dienone is 1. The Balaban J connectivity index is 2.92. The van der Waals surface area contributed by atoms with Crippen LogP contribution in [0.25, 0.3) is 6.08 Å². The largest absolute Gasteiger partial charge is 0.495 e. The molecule has 1 aromatic rings. The van der Waals surface area contributed by atoms with Crippen LogP contribution in [0.15, 0.2) is 24.3 Å². The van der Waals surface area contributed by atoms with Crippen molar-refractivity contribution in [2.75, 3.05) is 12.4 Å². The Morgan fingerprint density at radius 2 is 2.31 bits per heavy atom. The van der Waals surface area contributed by atoms with Gasteiger partial charge >= 0.3 is 0 Å². The topological polar surface area (TPSA) is 9.23 Å². The number of ether oxygens (including phenoxy) is 1. The van der Waals surface area contributed by atoms with Crippen molar-refractivity contribution in [2.24, 2.45) is 0 Å². The second kappa shape index (κ2) is 5.30. The van der Waals surface area contributed by atoms with E-state index in [-0.39, 0.29) is 0 Å². The molecule has 0 fully saturated rings. The number of halogens is 2. The Labute approximate surface area is 91.5 Å². The molecule has 0 aliphatic carbocycles. The zero-order valence-corrected chi connectivity index (χ0v) is 9.60. The maximum absolute atomic E-state index is 5.87. The zero-order chi connectivity index (χ0) is 9.68. The van der Waals surface area contributed by atoms with E-state index in [1.54, 1.807) is 7.11 Å². The molecule has 0 aliphatic rings. The minimum atomic E-state index is 0.637. The van der Waals surface area contributed by atoms with E-state index >= 15 is 0 Å². The lowest BCUT2D eigenvalue weighted by atomic mass is 10.2. The highest BCUT2D eigenvalue weighted by Crippen LogP contribution is 2.25. The highest BCUT2D eigenvalue weighted by atomic mass is 79.9. The van der Waals surface area contributed by atoms with Gasteiger partial charge in [0.15, 0.2) is 0 Å². The lowest BCUT2D eigenvalue weighted by molar-refractivity contribution is 0.415. The maximum Gasteiger partial charge on any atom is 0.138 e. The summed E-state index contributed by atoms with van der Waals surface area (Å²) in [6, 6.07) is 5.68. The van der Waals surface area contributed by atoms with Gasteiger partial charge < -0.3 is 4.74 Å². The van der Waals surface area contributed by atoms with E-state index in [0.29, 0.717) is 10.8 Å². The van der Waals surface area contributed by atoms with Crippen molar-refractivity contribution in [3.8, 4) is 5.75 Å². The standard InChI is InChI=1S/C10H10BrClO/c1-13-10-7-8(3-2-6-11)4-5-9(10)12/h2-5,7H,6H2,1H3. The molecule has 3 heteroatoms. The van der Waals surface area contributed by atoms with Crippen molar-refractivity contribution >= 4 is 33.6 Å². The average Bonchev–Trinajstić information content (AvgIpc) is 2.16. The van der Waals surface area contributed by atoms with Crippen LogP contribution in [0.2, 0.25) is 5.02 Å². The van der Waals surface area contributed by atoms with E-state index in [1.807, 2.05) is 30.4 Å². The van der Waals surface area contributed by atoms with Gasteiger partial charge in [-0.15, -0.1) is 0 Å². The molecule has 0 unspecified atom stereocenters.